The third-order valence-electron chi connectivity index (χ3n) is 15.2. The number of hydrogen-bond acceptors (Lipinski definition) is 38. The summed E-state index contributed by atoms with van der Waals surface area (Å²) in [5, 5.41) is 93.1. The first kappa shape index (κ1) is 86.7. The lowest BCUT2D eigenvalue weighted by Gasteiger charge is -2.42. The molecule has 50 heteroatoms. The molecule has 580 valence electrons. The van der Waals surface area contributed by atoms with E-state index in [0.29, 0.717) is 11.2 Å². The normalized spacial score (nSPS) is 32.7. The molecule has 11 unspecified atom stereocenters. The minimum absolute atomic E-state index is 0.238. The summed E-state index contributed by atoms with van der Waals surface area (Å²) in [5.74, 6) is -2.39. The molecule has 23 atom stereocenters. The van der Waals surface area contributed by atoms with E-state index in [1.165, 1.54) is 44.9 Å². The predicted octanol–water partition coefficient (Wildman–Crippen LogP) is -3.08. The molecule has 100 heavy (non-hydrogen) atoms. The summed E-state index contributed by atoms with van der Waals surface area (Å²) in [6.45, 7) is -6.08. The Kier molecular flexibility index (Phi) is 34.3. The standard InChI is InChI=1S/C50H90N5O40P5/c1-27(2)94-100(74,75)95-32-13-37(55-23-53-38-30(5)51-22-52-46(38)55)90-36(32)17-85-99(72,73)86-21-50(18-76-24-87-96(66,67)82-10-7-79-47-28(3)40(60)42(62)33(14-56)91-47,19-77-25-88-97(68,69)83-11-8-80-48-29(4)41(61)43(63)34(15-57)92-48)20-78-26-89-98(70,71)84-12-9-81-49-39(54-31(6)59)45(65)44(64)35(16-58)93-49/h22-23,27-29,32-37,39-45,47-49,56-58,60-65H,7-21,24-26H2,1-6H3,(H,54,59)(H,66,67)(H,68,69)(H,70,71)(H,72,73)(H,74,75)/t28?,29?,32-,33?,34?,35?,36+,37+,39?,40+,41+,42-,43-,44-,45+,47+,48+,49+,50?/m0/s1. The maximum atomic E-state index is 14.0. The van der Waals surface area contributed by atoms with Gasteiger partial charge in [-0.2, -0.15) is 0 Å². The number of aryl methyl sites for hydroxylation is 1. The molecule has 1 amide bonds. The summed E-state index contributed by atoms with van der Waals surface area (Å²) in [7, 11) is -25.8. The number of fused-ring (bicyclic) bond motifs is 1. The summed E-state index contributed by atoms with van der Waals surface area (Å²) in [6, 6.07) is -1.40. The van der Waals surface area contributed by atoms with Crippen LogP contribution in [0.5, 0.6) is 0 Å². The monoisotopic (exact) mass is 1560 g/mol. The largest absolute Gasteiger partial charge is 0.474 e. The topological polar surface area (TPSA) is 626 Å². The van der Waals surface area contributed by atoms with E-state index in [-0.39, 0.29) is 12.1 Å². The molecule has 15 N–H and O–H groups in total. The zero-order chi connectivity index (χ0) is 74.0. The van der Waals surface area contributed by atoms with E-state index in [0.717, 1.165) is 6.92 Å². The van der Waals surface area contributed by atoms with Gasteiger partial charge in [-0.3, -0.25) is 54.6 Å². The van der Waals surface area contributed by atoms with Gasteiger partial charge in [0.25, 0.3) is 0 Å². The Labute approximate surface area is 570 Å². The third-order valence-corrected chi connectivity index (χ3v) is 20.2. The van der Waals surface area contributed by atoms with Gasteiger partial charge in [-0.15, -0.1) is 0 Å². The number of aliphatic hydroxyl groups is 9. The number of imidazole rings is 1. The second kappa shape index (κ2) is 39.6. The molecule has 4 aliphatic rings. The van der Waals surface area contributed by atoms with E-state index in [1.54, 1.807) is 6.92 Å². The van der Waals surface area contributed by atoms with Crippen molar-refractivity contribution < 1.29 is 191 Å². The number of nitrogens with one attached hydrogen (secondary N) is 1. The highest BCUT2D eigenvalue weighted by Crippen LogP contribution is 2.52. The summed E-state index contributed by atoms with van der Waals surface area (Å²) >= 11 is 0. The van der Waals surface area contributed by atoms with Gasteiger partial charge in [0.15, 0.2) is 44.9 Å². The van der Waals surface area contributed by atoms with Gasteiger partial charge < -0.3 is 123 Å². The number of hydrogen-bond donors (Lipinski definition) is 15. The average molecular weight is 1560 g/mol. The fourth-order valence-corrected chi connectivity index (χ4v) is 13.8. The number of carbonyl (C=O) groups is 1. The van der Waals surface area contributed by atoms with Crippen LogP contribution in [0.15, 0.2) is 12.7 Å². The van der Waals surface area contributed by atoms with Crippen LogP contribution in [0.25, 0.3) is 11.2 Å². The molecule has 0 spiro atoms. The van der Waals surface area contributed by atoms with Crippen molar-refractivity contribution in [2.45, 2.75) is 152 Å². The average Bonchev–Trinajstić information content (AvgIpc) is 1.60. The van der Waals surface area contributed by atoms with Gasteiger partial charge >= 0.3 is 39.1 Å². The zero-order valence-electron chi connectivity index (χ0n) is 54.8. The van der Waals surface area contributed by atoms with Crippen LogP contribution in [-0.2, 0) is 120 Å². The number of aromatic nitrogens is 4. The lowest BCUT2D eigenvalue weighted by Crippen LogP contribution is -2.64. The minimum Gasteiger partial charge on any atom is -0.394 e. The molecule has 2 aromatic heterocycles. The quantitative estimate of drug-likeness (QED) is 0.0178. The van der Waals surface area contributed by atoms with Crippen LogP contribution in [0.4, 0.5) is 0 Å². The predicted molar refractivity (Wildman–Crippen MR) is 324 cm³/mol. The molecule has 6 rings (SSSR count). The van der Waals surface area contributed by atoms with Crippen molar-refractivity contribution in [3.05, 3.63) is 18.3 Å². The molecular weight excluding hydrogens is 1470 g/mol. The lowest BCUT2D eigenvalue weighted by molar-refractivity contribution is -0.283. The maximum absolute atomic E-state index is 14.0. The van der Waals surface area contributed by atoms with Crippen molar-refractivity contribution in [2.75, 3.05) is 113 Å². The number of aliphatic hydroxyl groups excluding tert-OH is 9. The minimum atomic E-state index is -5.51. The van der Waals surface area contributed by atoms with Crippen molar-refractivity contribution >= 4 is 56.2 Å². The summed E-state index contributed by atoms with van der Waals surface area (Å²) < 4.78 is 175. The second-order valence-electron chi connectivity index (χ2n) is 23.3. The van der Waals surface area contributed by atoms with E-state index in [9.17, 15) is 98.0 Å². The molecular formula is C50H90N5O40P5. The number of carbonyl (C=O) groups excluding carboxylic acids is 1. The number of nitrogens with zero attached hydrogens (tertiary/aromatic N) is 4. The van der Waals surface area contributed by atoms with Crippen molar-refractivity contribution in [2.24, 2.45) is 17.3 Å². The smallest absolute Gasteiger partial charge is 0.394 e. The van der Waals surface area contributed by atoms with Gasteiger partial charge in [-0.1, -0.05) is 13.8 Å². The maximum Gasteiger partial charge on any atom is 0.474 e. The number of phosphoric acid groups is 5. The molecule has 0 aromatic carbocycles. The van der Waals surface area contributed by atoms with Crippen molar-refractivity contribution in [3.63, 3.8) is 0 Å². The molecule has 4 fully saturated rings. The van der Waals surface area contributed by atoms with Crippen LogP contribution in [-0.4, -0.2) is 307 Å². The highest BCUT2D eigenvalue weighted by atomic mass is 31.2. The summed E-state index contributed by atoms with van der Waals surface area (Å²) in [6.07, 6.45) is -19.4. The molecule has 0 bridgehead atoms. The number of phosphoric ester groups is 5. The molecule has 0 aliphatic carbocycles. The molecule has 4 saturated heterocycles. The van der Waals surface area contributed by atoms with Gasteiger partial charge in [0.1, 0.15) is 79.0 Å². The van der Waals surface area contributed by atoms with Crippen LogP contribution >= 0.6 is 39.1 Å². The first-order valence-electron chi connectivity index (χ1n) is 30.6. The van der Waals surface area contributed by atoms with Crippen LogP contribution in [0.2, 0.25) is 0 Å². The lowest BCUT2D eigenvalue weighted by atomic mass is 9.92. The first-order valence-corrected chi connectivity index (χ1v) is 38.1. The van der Waals surface area contributed by atoms with E-state index in [1.807, 2.05) is 0 Å². The van der Waals surface area contributed by atoms with Crippen LogP contribution in [0.3, 0.4) is 0 Å². The van der Waals surface area contributed by atoms with Crippen molar-refractivity contribution in [1.82, 2.24) is 24.8 Å². The molecule has 2 aromatic rings. The summed E-state index contributed by atoms with van der Waals surface area (Å²) in [5.41, 5.74) is -1.08. The Morgan fingerprint density at radius 2 is 1.01 bits per heavy atom. The Morgan fingerprint density at radius 1 is 0.570 bits per heavy atom. The Morgan fingerprint density at radius 3 is 1.46 bits per heavy atom. The fourth-order valence-electron chi connectivity index (χ4n) is 10.0. The number of rotatable bonds is 45. The highest BCUT2D eigenvalue weighted by molar-refractivity contribution is 7.48. The van der Waals surface area contributed by atoms with Crippen LogP contribution in [0, 0.1) is 24.2 Å². The SMILES string of the molecule is CC(=O)NC1[C@H](OCCOP(=O)(O)OCOCC(COCOP(=O)(O)OCCO[C@@H]2OC(CO)[C@H](O)[C@H](O)C2C)(COCOP(=O)(O)OCCO[C@@H]2OC(CO)[C@H](O)[C@H](O)C2C)COP(=O)(O)OC[C@H]2O[C@@H](n3cnc4c(C)ncnc43)C[C@@H]2OP(=O)(O)OC(C)C)OC(CO)[C@H](O)[C@@H]1O. The second-order valence-corrected chi connectivity index (χ2v) is 30.5. The first-order chi connectivity index (χ1) is 46.9. The molecule has 4 aliphatic heterocycles. The number of ether oxygens (including phenoxy) is 10. The summed E-state index contributed by atoms with van der Waals surface area (Å²) in [4.78, 5) is 78.3. The molecule has 45 nitrogen and oxygen atoms in total. The third kappa shape index (κ3) is 26.3. The fraction of sp³-hybridized carbons (Fsp3) is 0.880. The zero-order valence-corrected chi connectivity index (χ0v) is 59.2. The molecule has 0 saturated carbocycles. The van der Waals surface area contributed by atoms with Gasteiger partial charge in [-0.25, -0.2) is 37.8 Å². The van der Waals surface area contributed by atoms with Gasteiger partial charge in [-0.05, 0) is 20.8 Å². The van der Waals surface area contributed by atoms with Crippen LogP contribution in [0.1, 0.15) is 53.0 Å². The van der Waals surface area contributed by atoms with E-state index >= 15 is 0 Å². The molecule has 0 radical (unpaired) electrons. The Balaban J connectivity index is 1.18. The van der Waals surface area contributed by atoms with E-state index in [4.69, 9.17) is 92.6 Å². The van der Waals surface area contributed by atoms with Gasteiger partial charge in [0, 0.05) is 25.2 Å². The number of amides is 1. The van der Waals surface area contributed by atoms with Crippen LogP contribution < -0.4 is 5.32 Å². The molecule has 6 heterocycles. The van der Waals surface area contributed by atoms with E-state index < -0.39 is 280 Å². The van der Waals surface area contributed by atoms with Gasteiger partial charge in [0.2, 0.25) is 5.91 Å². The van der Waals surface area contributed by atoms with Gasteiger partial charge in [0.05, 0.1) is 128 Å². The Bertz CT molecular complexity index is 3000. The highest BCUT2D eigenvalue weighted by Gasteiger charge is 2.49. The Hall–Kier alpha value is -2.19. The van der Waals surface area contributed by atoms with Crippen molar-refractivity contribution in [3.8, 4) is 0 Å². The van der Waals surface area contributed by atoms with E-state index in [2.05, 4.69) is 20.3 Å². The van der Waals surface area contributed by atoms with Crippen molar-refractivity contribution in [1.29, 1.82) is 0 Å².